The van der Waals surface area contributed by atoms with Gasteiger partial charge >= 0.3 is 0 Å². The van der Waals surface area contributed by atoms with Gasteiger partial charge in [0.25, 0.3) is 0 Å². The maximum Gasteiger partial charge on any atom is 0.108 e. The Labute approximate surface area is 98.8 Å². The van der Waals surface area contributed by atoms with Crippen LogP contribution in [0.25, 0.3) is 10.8 Å². The van der Waals surface area contributed by atoms with Crippen molar-refractivity contribution in [3.05, 3.63) is 42.2 Å². The van der Waals surface area contributed by atoms with Gasteiger partial charge in [-0.05, 0) is 5.39 Å². The summed E-state index contributed by atoms with van der Waals surface area (Å²) in [5.41, 5.74) is 0.547. The van der Waals surface area contributed by atoms with E-state index in [2.05, 4.69) is 4.98 Å². The third kappa shape index (κ3) is 2.26. The molecule has 2 atom stereocenters. The zero-order valence-corrected chi connectivity index (χ0v) is 9.11. The second kappa shape index (κ2) is 4.91. The van der Waals surface area contributed by atoms with Crippen LogP contribution in [0.5, 0.6) is 0 Å². The van der Waals surface area contributed by atoms with Crippen molar-refractivity contribution >= 4 is 10.8 Å². The molecule has 0 bridgehead atoms. The van der Waals surface area contributed by atoms with Gasteiger partial charge in [-0.3, -0.25) is 4.98 Å². The second-order valence-corrected chi connectivity index (χ2v) is 3.82. The fourth-order valence-electron chi connectivity index (χ4n) is 1.79. The molecule has 1 aromatic heterocycles. The minimum Gasteiger partial charge on any atom is -0.389 e. The predicted octanol–water partition coefficient (Wildman–Crippen LogP) is 1.54. The van der Waals surface area contributed by atoms with E-state index < -0.39 is 12.2 Å². The molecule has 0 aliphatic rings. The van der Waals surface area contributed by atoms with Crippen molar-refractivity contribution in [3.8, 4) is 6.07 Å². The fourth-order valence-corrected chi connectivity index (χ4v) is 1.79. The first kappa shape index (κ1) is 11.5. The topological polar surface area (TPSA) is 77.1 Å². The number of nitriles is 1. The molecule has 0 radical (unpaired) electrons. The van der Waals surface area contributed by atoms with Gasteiger partial charge in [-0.15, -0.1) is 0 Å². The Balaban J connectivity index is 2.45. The molecule has 2 unspecified atom stereocenters. The highest BCUT2D eigenvalue weighted by Crippen LogP contribution is 2.25. The van der Waals surface area contributed by atoms with Crippen LogP contribution in [0.15, 0.2) is 36.7 Å². The van der Waals surface area contributed by atoms with Crippen molar-refractivity contribution in [2.75, 3.05) is 0 Å². The summed E-state index contributed by atoms with van der Waals surface area (Å²) in [6.45, 7) is 0. The Morgan fingerprint density at radius 1 is 1.24 bits per heavy atom. The van der Waals surface area contributed by atoms with Gasteiger partial charge in [0, 0.05) is 23.3 Å². The molecule has 0 spiro atoms. The van der Waals surface area contributed by atoms with E-state index in [1.165, 1.54) is 6.20 Å². The SMILES string of the molecule is N#CCC(O)C(O)c1cncc2ccccc12. The molecule has 0 amide bonds. The smallest absolute Gasteiger partial charge is 0.108 e. The van der Waals surface area contributed by atoms with Crippen molar-refractivity contribution in [2.24, 2.45) is 0 Å². The standard InChI is InChI=1S/C13H12N2O2/c14-6-5-12(16)13(17)11-8-15-7-9-3-1-2-4-10(9)11/h1-4,7-8,12-13,16-17H,5H2. The third-order valence-electron chi connectivity index (χ3n) is 2.68. The fraction of sp³-hybridized carbons (Fsp3) is 0.231. The summed E-state index contributed by atoms with van der Waals surface area (Å²) >= 11 is 0. The zero-order valence-electron chi connectivity index (χ0n) is 9.11. The quantitative estimate of drug-likeness (QED) is 0.835. The highest BCUT2D eigenvalue weighted by molar-refractivity contribution is 5.84. The highest BCUT2D eigenvalue weighted by atomic mass is 16.3. The number of fused-ring (bicyclic) bond motifs is 1. The van der Waals surface area contributed by atoms with Crippen LogP contribution in [0.2, 0.25) is 0 Å². The Bertz CT molecular complexity index is 557. The van der Waals surface area contributed by atoms with Crippen molar-refractivity contribution in [2.45, 2.75) is 18.6 Å². The van der Waals surface area contributed by atoms with Crippen molar-refractivity contribution in [1.82, 2.24) is 4.98 Å². The number of pyridine rings is 1. The molecule has 0 saturated heterocycles. The van der Waals surface area contributed by atoms with Crippen LogP contribution in [-0.4, -0.2) is 21.3 Å². The number of rotatable bonds is 3. The maximum absolute atomic E-state index is 9.98. The molecule has 17 heavy (non-hydrogen) atoms. The summed E-state index contributed by atoms with van der Waals surface area (Å²) in [5, 5.41) is 29.9. The number of aliphatic hydroxyl groups excluding tert-OH is 2. The predicted molar refractivity (Wildman–Crippen MR) is 62.9 cm³/mol. The van der Waals surface area contributed by atoms with Crippen LogP contribution in [0.3, 0.4) is 0 Å². The van der Waals surface area contributed by atoms with E-state index in [9.17, 15) is 10.2 Å². The lowest BCUT2D eigenvalue weighted by Crippen LogP contribution is -2.17. The number of benzene rings is 1. The molecular weight excluding hydrogens is 216 g/mol. The molecule has 2 aromatic rings. The van der Waals surface area contributed by atoms with E-state index in [1.54, 1.807) is 6.20 Å². The third-order valence-corrected chi connectivity index (χ3v) is 2.68. The van der Waals surface area contributed by atoms with Gasteiger partial charge in [-0.2, -0.15) is 5.26 Å². The first-order chi connectivity index (χ1) is 8.24. The number of hydrogen-bond donors (Lipinski definition) is 2. The summed E-state index contributed by atoms with van der Waals surface area (Å²) in [6.07, 6.45) is 0.932. The van der Waals surface area contributed by atoms with E-state index in [-0.39, 0.29) is 6.42 Å². The summed E-state index contributed by atoms with van der Waals surface area (Å²) in [6, 6.07) is 9.31. The summed E-state index contributed by atoms with van der Waals surface area (Å²) in [5.74, 6) is 0. The van der Waals surface area contributed by atoms with Crippen molar-refractivity contribution < 1.29 is 10.2 Å². The lowest BCUT2D eigenvalue weighted by Gasteiger charge is -2.16. The van der Waals surface area contributed by atoms with Crippen molar-refractivity contribution in [3.63, 3.8) is 0 Å². The molecule has 0 fully saturated rings. The van der Waals surface area contributed by atoms with E-state index in [4.69, 9.17) is 5.26 Å². The largest absolute Gasteiger partial charge is 0.389 e. The van der Waals surface area contributed by atoms with E-state index in [0.717, 1.165) is 10.8 Å². The van der Waals surface area contributed by atoms with Crippen LogP contribution in [0.1, 0.15) is 18.1 Å². The van der Waals surface area contributed by atoms with Gasteiger partial charge in [0.1, 0.15) is 6.10 Å². The minimum atomic E-state index is -1.09. The van der Waals surface area contributed by atoms with Gasteiger partial charge < -0.3 is 10.2 Å². The van der Waals surface area contributed by atoms with Crippen LogP contribution in [-0.2, 0) is 0 Å². The molecule has 2 N–H and O–H groups in total. The number of aromatic nitrogens is 1. The Morgan fingerprint density at radius 2 is 2.00 bits per heavy atom. The minimum absolute atomic E-state index is 0.107. The molecule has 0 saturated carbocycles. The van der Waals surface area contributed by atoms with Gasteiger partial charge in [0.2, 0.25) is 0 Å². The molecule has 1 aromatic carbocycles. The average molecular weight is 228 g/mol. The normalized spacial score (nSPS) is 14.2. The van der Waals surface area contributed by atoms with E-state index in [1.807, 2.05) is 30.3 Å². The molecule has 4 heteroatoms. The number of nitrogens with zero attached hydrogens (tertiary/aromatic N) is 2. The Morgan fingerprint density at radius 3 is 2.76 bits per heavy atom. The summed E-state index contributed by atoms with van der Waals surface area (Å²) in [4.78, 5) is 4.02. The Kier molecular flexibility index (Phi) is 3.33. The van der Waals surface area contributed by atoms with Crippen LogP contribution in [0, 0.1) is 11.3 Å². The zero-order chi connectivity index (χ0) is 12.3. The molecule has 86 valence electrons. The van der Waals surface area contributed by atoms with Crippen LogP contribution in [0.4, 0.5) is 0 Å². The number of hydrogen-bond acceptors (Lipinski definition) is 4. The van der Waals surface area contributed by atoms with E-state index >= 15 is 0 Å². The van der Waals surface area contributed by atoms with Crippen LogP contribution < -0.4 is 0 Å². The molecule has 2 rings (SSSR count). The van der Waals surface area contributed by atoms with E-state index in [0.29, 0.717) is 5.56 Å². The summed E-state index contributed by atoms with van der Waals surface area (Å²) < 4.78 is 0. The van der Waals surface area contributed by atoms with Gasteiger partial charge in [-0.25, -0.2) is 0 Å². The second-order valence-electron chi connectivity index (χ2n) is 3.82. The maximum atomic E-state index is 9.98. The first-order valence-electron chi connectivity index (χ1n) is 5.29. The highest BCUT2D eigenvalue weighted by Gasteiger charge is 2.20. The van der Waals surface area contributed by atoms with Gasteiger partial charge in [0.05, 0.1) is 18.6 Å². The molecule has 1 heterocycles. The average Bonchev–Trinajstić information content (AvgIpc) is 2.37. The van der Waals surface area contributed by atoms with Gasteiger partial charge in [0.15, 0.2) is 0 Å². The lowest BCUT2D eigenvalue weighted by atomic mass is 9.99. The Hall–Kier alpha value is -1.96. The molecule has 4 nitrogen and oxygen atoms in total. The number of aliphatic hydroxyl groups is 2. The van der Waals surface area contributed by atoms with Crippen LogP contribution >= 0.6 is 0 Å². The van der Waals surface area contributed by atoms with Crippen molar-refractivity contribution in [1.29, 1.82) is 5.26 Å². The molecule has 0 aliphatic carbocycles. The first-order valence-corrected chi connectivity index (χ1v) is 5.29. The van der Waals surface area contributed by atoms with Gasteiger partial charge in [-0.1, -0.05) is 24.3 Å². The molecular formula is C13H12N2O2. The molecule has 0 aliphatic heterocycles. The lowest BCUT2D eigenvalue weighted by molar-refractivity contribution is 0.0223. The monoisotopic (exact) mass is 228 g/mol. The summed E-state index contributed by atoms with van der Waals surface area (Å²) in [7, 11) is 0.